The van der Waals surface area contributed by atoms with Crippen LogP contribution in [-0.2, 0) is 9.53 Å². The van der Waals surface area contributed by atoms with Gasteiger partial charge in [-0.05, 0) is 37.1 Å². The maximum Gasteiger partial charge on any atom is 0.253 e. The summed E-state index contributed by atoms with van der Waals surface area (Å²) in [7, 11) is 0. The maximum absolute atomic E-state index is 13.0. The van der Waals surface area contributed by atoms with Gasteiger partial charge in [0, 0.05) is 44.8 Å². The van der Waals surface area contributed by atoms with Crippen LogP contribution in [0.3, 0.4) is 0 Å². The largest absolute Gasteiger partial charge is 0.379 e. The molecule has 6 nitrogen and oxygen atoms in total. The lowest BCUT2D eigenvalue weighted by atomic mass is 9.96. The molecule has 0 aromatic heterocycles. The fraction of sp³-hybridized carbons (Fsp3) is 0.579. The van der Waals surface area contributed by atoms with Crippen LogP contribution in [0.1, 0.15) is 23.2 Å². The number of benzene rings is 1. The molecular formula is C19H26FN3O3. The number of ether oxygens (including phenoxy) is 1. The molecule has 7 heteroatoms. The summed E-state index contributed by atoms with van der Waals surface area (Å²) in [5.74, 6) is -0.679. The number of rotatable bonds is 5. The molecule has 1 atom stereocenters. The Morgan fingerprint density at radius 3 is 2.62 bits per heavy atom. The number of hydrogen-bond acceptors (Lipinski definition) is 4. The standard InChI is InChI=1S/C19H26FN3O3/c20-17-5-3-15(4-6-17)19(25)23-8-1-2-16(14-23)18(24)21-7-9-22-10-12-26-13-11-22/h3-6,16H,1-2,7-14H2,(H,21,24). The van der Waals surface area contributed by atoms with Crippen LogP contribution in [0, 0.1) is 11.7 Å². The second-order valence-corrected chi connectivity index (χ2v) is 6.84. The van der Waals surface area contributed by atoms with E-state index in [4.69, 9.17) is 4.74 Å². The number of likely N-dealkylation sites (tertiary alicyclic amines) is 1. The second-order valence-electron chi connectivity index (χ2n) is 6.84. The van der Waals surface area contributed by atoms with Crippen LogP contribution < -0.4 is 5.32 Å². The van der Waals surface area contributed by atoms with Crippen LogP contribution in [0.5, 0.6) is 0 Å². The molecule has 2 amide bonds. The van der Waals surface area contributed by atoms with Gasteiger partial charge in [0.1, 0.15) is 5.82 Å². The Morgan fingerprint density at radius 2 is 1.88 bits per heavy atom. The number of nitrogens with zero attached hydrogens (tertiary/aromatic N) is 2. The van der Waals surface area contributed by atoms with Gasteiger partial charge in [-0.3, -0.25) is 14.5 Å². The van der Waals surface area contributed by atoms with Gasteiger partial charge in [-0.25, -0.2) is 4.39 Å². The topological polar surface area (TPSA) is 61.9 Å². The summed E-state index contributed by atoms with van der Waals surface area (Å²) in [6.45, 7) is 5.78. The molecule has 2 heterocycles. The first-order valence-corrected chi connectivity index (χ1v) is 9.26. The third-order valence-corrected chi connectivity index (χ3v) is 5.00. The molecule has 0 bridgehead atoms. The predicted molar refractivity (Wildman–Crippen MR) is 95.3 cm³/mol. The molecule has 0 saturated carbocycles. The molecule has 1 aromatic rings. The van der Waals surface area contributed by atoms with E-state index >= 15 is 0 Å². The molecule has 2 saturated heterocycles. The smallest absolute Gasteiger partial charge is 0.253 e. The van der Waals surface area contributed by atoms with E-state index in [9.17, 15) is 14.0 Å². The summed E-state index contributed by atoms with van der Waals surface area (Å²) in [5, 5.41) is 3.00. The van der Waals surface area contributed by atoms with Gasteiger partial charge in [-0.15, -0.1) is 0 Å². The van der Waals surface area contributed by atoms with E-state index in [1.54, 1.807) is 4.90 Å². The number of hydrogen-bond donors (Lipinski definition) is 1. The predicted octanol–water partition coefficient (Wildman–Crippen LogP) is 1.13. The quantitative estimate of drug-likeness (QED) is 0.852. The number of carbonyl (C=O) groups excluding carboxylic acids is 2. The van der Waals surface area contributed by atoms with Crippen molar-refractivity contribution in [2.45, 2.75) is 12.8 Å². The van der Waals surface area contributed by atoms with Crippen molar-refractivity contribution in [1.82, 2.24) is 15.1 Å². The van der Waals surface area contributed by atoms with Gasteiger partial charge in [0.2, 0.25) is 5.91 Å². The van der Waals surface area contributed by atoms with E-state index in [1.165, 1.54) is 24.3 Å². The summed E-state index contributed by atoms with van der Waals surface area (Å²) < 4.78 is 18.3. The highest BCUT2D eigenvalue weighted by Crippen LogP contribution is 2.19. The first kappa shape index (κ1) is 18.8. The lowest BCUT2D eigenvalue weighted by molar-refractivity contribution is -0.126. The van der Waals surface area contributed by atoms with E-state index in [2.05, 4.69) is 10.2 Å². The summed E-state index contributed by atoms with van der Waals surface area (Å²) in [5.41, 5.74) is 0.458. The summed E-state index contributed by atoms with van der Waals surface area (Å²) in [4.78, 5) is 29.0. The molecule has 0 radical (unpaired) electrons. The van der Waals surface area contributed by atoms with E-state index < -0.39 is 0 Å². The maximum atomic E-state index is 13.0. The van der Waals surface area contributed by atoms with Crippen LogP contribution in [-0.4, -0.2) is 74.1 Å². The molecule has 3 rings (SSSR count). The number of carbonyl (C=O) groups is 2. The highest BCUT2D eigenvalue weighted by molar-refractivity contribution is 5.94. The minimum absolute atomic E-state index is 0.00913. The number of halogens is 1. The van der Waals surface area contributed by atoms with Gasteiger partial charge in [-0.2, -0.15) is 0 Å². The van der Waals surface area contributed by atoms with E-state index in [0.717, 1.165) is 45.7 Å². The van der Waals surface area contributed by atoms with Gasteiger partial charge in [0.05, 0.1) is 19.1 Å². The zero-order valence-electron chi connectivity index (χ0n) is 15.0. The summed E-state index contributed by atoms with van der Waals surface area (Å²) in [6.07, 6.45) is 1.59. The molecule has 1 unspecified atom stereocenters. The zero-order valence-corrected chi connectivity index (χ0v) is 15.0. The van der Waals surface area contributed by atoms with Crippen LogP contribution in [0.15, 0.2) is 24.3 Å². The average molecular weight is 363 g/mol. The van der Waals surface area contributed by atoms with Gasteiger partial charge in [-0.1, -0.05) is 0 Å². The van der Waals surface area contributed by atoms with Gasteiger partial charge >= 0.3 is 0 Å². The van der Waals surface area contributed by atoms with Crippen molar-refractivity contribution in [3.8, 4) is 0 Å². The molecule has 2 fully saturated rings. The molecular weight excluding hydrogens is 337 g/mol. The Hall–Kier alpha value is -1.99. The molecule has 1 N–H and O–H groups in total. The molecule has 0 aliphatic carbocycles. The number of amides is 2. The Kier molecular flexibility index (Phi) is 6.57. The first-order valence-electron chi connectivity index (χ1n) is 9.26. The van der Waals surface area contributed by atoms with Crippen molar-refractivity contribution in [3.63, 3.8) is 0 Å². The zero-order chi connectivity index (χ0) is 18.4. The minimum atomic E-state index is -0.363. The Labute approximate surface area is 153 Å². The highest BCUT2D eigenvalue weighted by atomic mass is 19.1. The number of nitrogens with one attached hydrogen (secondary N) is 1. The summed E-state index contributed by atoms with van der Waals surface area (Å²) in [6, 6.07) is 5.55. The lowest BCUT2D eigenvalue weighted by Gasteiger charge is -2.32. The van der Waals surface area contributed by atoms with Crippen molar-refractivity contribution >= 4 is 11.8 Å². The van der Waals surface area contributed by atoms with Crippen molar-refractivity contribution in [2.75, 3.05) is 52.5 Å². The van der Waals surface area contributed by atoms with Gasteiger partial charge in [0.25, 0.3) is 5.91 Å². The third-order valence-electron chi connectivity index (χ3n) is 5.00. The molecule has 2 aliphatic heterocycles. The van der Waals surface area contributed by atoms with E-state index in [1.807, 2.05) is 0 Å². The highest BCUT2D eigenvalue weighted by Gasteiger charge is 2.28. The number of morpholine rings is 1. The van der Waals surface area contributed by atoms with Crippen LogP contribution in [0.4, 0.5) is 4.39 Å². The van der Waals surface area contributed by atoms with Crippen LogP contribution in [0.2, 0.25) is 0 Å². The molecule has 142 valence electrons. The van der Waals surface area contributed by atoms with Crippen LogP contribution in [0.25, 0.3) is 0 Å². The molecule has 26 heavy (non-hydrogen) atoms. The minimum Gasteiger partial charge on any atom is -0.379 e. The van der Waals surface area contributed by atoms with Gasteiger partial charge < -0.3 is 15.0 Å². The Balaban J connectivity index is 1.46. The van der Waals surface area contributed by atoms with E-state index in [0.29, 0.717) is 25.2 Å². The molecule has 1 aromatic carbocycles. The fourth-order valence-corrected chi connectivity index (χ4v) is 3.46. The second kappa shape index (κ2) is 9.09. The average Bonchev–Trinajstić information content (AvgIpc) is 2.69. The molecule has 0 spiro atoms. The fourth-order valence-electron chi connectivity index (χ4n) is 3.46. The monoisotopic (exact) mass is 363 g/mol. The third kappa shape index (κ3) is 5.02. The Bertz CT molecular complexity index is 617. The normalized spacial score (nSPS) is 21.4. The van der Waals surface area contributed by atoms with Crippen molar-refractivity contribution in [3.05, 3.63) is 35.6 Å². The molecule has 2 aliphatic rings. The SMILES string of the molecule is O=C(NCCN1CCOCC1)C1CCCN(C(=O)c2ccc(F)cc2)C1. The van der Waals surface area contributed by atoms with E-state index in [-0.39, 0.29) is 23.5 Å². The Morgan fingerprint density at radius 1 is 1.15 bits per heavy atom. The van der Waals surface area contributed by atoms with Crippen molar-refractivity contribution in [2.24, 2.45) is 5.92 Å². The van der Waals surface area contributed by atoms with Crippen molar-refractivity contribution < 1.29 is 18.7 Å². The van der Waals surface area contributed by atoms with Crippen LogP contribution >= 0.6 is 0 Å². The van der Waals surface area contributed by atoms with Gasteiger partial charge in [0.15, 0.2) is 0 Å². The summed E-state index contributed by atoms with van der Waals surface area (Å²) >= 11 is 0. The van der Waals surface area contributed by atoms with Crippen molar-refractivity contribution in [1.29, 1.82) is 0 Å². The lowest BCUT2D eigenvalue weighted by Crippen LogP contribution is -2.47. The first-order chi connectivity index (χ1) is 12.6. The number of piperidine rings is 1.